The topological polar surface area (TPSA) is 71.9 Å². The molecule has 0 aromatic heterocycles. The Bertz CT molecular complexity index is 1290. The number of rotatable bonds is 4. The van der Waals surface area contributed by atoms with E-state index < -0.39 is 11.3 Å². The van der Waals surface area contributed by atoms with Gasteiger partial charge in [0.15, 0.2) is 11.4 Å². The Morgan fingerprint density at radius 3 is 2.18 bits per heavy atom. The molecule has 1 N–H and O–H groups in total. The van der Waals surface area contributed by atoms with E-state index in [2.05, 4.69) is 10.9 Å². The number of urea groups is 1. The van der Waals surface area contributed by atoms with E-state index in [0.29, 0.717) is 34.6 Å². The molecule has 3 aromatic carbocycles. The highest BCUT2D eigenvalue weighted by Crippen LogP contribution is 2.52. The number of hydrogen-bond acceptors (Lipinski definition) is 3. The molecule has 6 nitrogen and oxygen atoms in total. The van der Waals surface area contributed by atoms with Crippen molar-refractivity contribution in [2.45, 2.75) is 38.5 Å². The van der Waals surface area contributed by atoms with E-state index in [1.54, 1.807) is 53.4 Å². The van der Waals surface area contributed by atoms with Gasteiger partial charge < -0.3 is 5.11 Å². The smallest absolute Gasteiger partial charge is 0.332 e. The van der Waals surface area contributed by atoms with E-state index in [-0.39, 0.29) is 6.03 Å². The zero-order valence-electron chi connectivity index (χ0n) is 18.8. The number of benzene rings is 3. The molecular formula is C27H24N4O2. The molecule has 0 bridgehead atoms. The summed E-state index contributed by atoms with van der Waals surface area (Å²) in [4.78, 5) is 20.5. The van der Waals surface area contributed by atoms with Crippen molar-refractivity contribution < 1.29 is 9.90 Å². The lowest BCUT2D eigenvalue weighted by molar-refractivity contribution is -0.0118. The van der Waals surface area contributed by atoms with Crippen molar-refractivity contribution in [2.75, 3.05) is 9.80 Å². The Morgan fingerprint density at radius 2 is 1.64 bits per heavy atom. The third-order valence-corrected chi connectivity index (χ3v) is 6.55. The zero-order chi connectivity index (χ0) is 23.8. The Kier molecular flexibility index (Phi) is 5.41. The van der Waals surface area contributed by atoms with Crippen LogP contribution >= 0.6 is 0 Å². The minimum atomic E-state index is -1.70. The van der Waals surface area contributed by atoms with E-state index in [1.807, 2.05) is 45.0 Å². The van der Waals surface area contributed by atoms with E-state index in [0.717, 1.165) is 5.56 Å². The molecule has 1 unspecified atom stereocenters. The SMILES string of the molecule is [C-]#[N+]c1ccc(N2C(=O)N(c3ccc(C#N)cc3)[C@@](C)(CC)C2(O)c2cccc(C)c2)cc1. The van der Waals surface area contributed by atoms with Crippen LogP contribution in [0.5, 0.6) is 0 Å². The summed E-state index contributed by atoms with van der Waals surface area (Å²) in [5, 5.41) is 21.7. The fourth-order valence-corrected chi connectivity index (χ4v) is 4.61. The van der Waals surface area contributed by atoms with Crippen LogP contribution in [0.4, 0.5) is 21.9 Å². The van der Waals surface area contributed by atoms with Crippen molar-refractivity contribution >= 4 is 23.1 Å². The van der Waals surface area contributed by atoms with Gasteiger partial charge in [0.25, 0.3) is 0 Å². The maximum atomic E-state index is 14.0. The van der Waals surface area contributed by atoms with Crippen molar-refractivity contribution in [3.8, 4) is 6.07 Å². The van der Waals surface area contributed by atoms with Crippen LogP contribution < -0.4 is 9.80 Å². The molecule has 3 aromatic rings. The van der Waals surface area contributed by atoms with Gasteiger partial charge in [0, 0.05) is 16.9 Å². The second kappa shape index (κ2) is 8.09. The number of aliphatic hydroxyl groups is 1. The first-order valence-electron chi connectivity index (χ1n) is 10.7. The van der Waals surface area contributed by atoms with Crippen LogP contribution in [0.15, 0.2) is 72.8 Å². The molecule has 2 amide bonds. The lowest BCUT2D eigenvalue weighted by atomic mass is 9.79. The summed E-state index contributed by atoms with van der Waals surface area (Å²) >= 11 is 0. The molecule has 0 spiro atoms. The number of nitriles is 1. The van der Waals surface area contributed by atoms with Crippen molar-refractivity contribution in [2.24, 2.45) is 0 Å². The highest BCUT2D eigenvalue weighted by molar-refractivity contribution is 6.09. The normalized spacial score (nSPS) is 22.2. The maximum Gasteiger partial charge on any atom is 0.332 e. The largest absolute Gasteiger partial charge is 0.364 e. The predicted molar refractivity (Wildman–Crippen MR) is 128 cm³/mol. The van der Waals surface area contributed by atoms with Crippen LogP contribution in [0.1, 0.15) is 37.0 Å². The molecule has 33 heavy (non-hydrogen) atoms. The molecule has 0 aliphatic carbocycles. The second-order valence-electron chi connectivity index (χ2n) is 8.41. The fraction of sp³-hybridized carbons (Fsp3) is 0.222. The number of aryl methyl sites for hydroxylation is 1. The van der Waals surface area contributed by atoms with Gasteiger partial charge in [-0.2, -0.15) is 5.26 Å². The molecule has 1 fully saturated rings. The van der Waals surface area contributed by atoms with Crippen LogP contribution in [0.3, 0.4) is 0 Å². The number of nitrogens with zero attached hydrogens (tertiary/aromatic N) is 4. The molecular weight excluding hydrogens is 412 g/mol. The van der Waals surface area contributed by atoms with Crippen molar-refractivity contribution in [3.05, 3.63) is 101 Å². The van der Waals surface area contributed by atoms with Gasteiger partial charge in [-0.15, -0.1) is 0 Å². The molecule has 4 rings (SSSR count). The third-order valence-electron chi connectivity index (χ3n) is 6.55. The van der Waals surface area contributed by atoms with Gasteiger partial charge in [0.2, 0.25) is 0 Å². The van der Waals surface area contributed by atoms with Crippen LogP contribution in [0, 0.1) is 24.8 Å². The molecule has 6 heteroatoms. The van der Waals surface area contributed by atoms with Gasteiger partial charge in [-0.1, -0.05) is 48.9 Å². The minimum absolute atomic E-state index is 0.386. The minimum Gasteiger partial charge on any atom is -0.364 e. The Balaban J connectivity index is 1.99. The zero-order valence-corrected chi connectivity index (χ0v) is 18.8. The number of hydrogen-bond donors (Lipinski definition) is 1. The third kappa shape index (κ3) is 3.24. The van der Waals surface area contributed by atoms with E-state index in [1.165, 1.54) is 4.90 Å². The van der Waals surface area contributed by atoms with Crippen molar-refractivity contribution in [3.63, 3.8) is 0 Å². The summed E-state index contributed by atoms with van der Waals surface area (Å²) in [5.41, 5.74) is 0.860. The predicted octanol–water partition coefficient (Wildman–Crippen LogP) is 5.88. The van der Waals surface area contributed by atoms with Crippen molar-refractivity contribution in [1.29, 1.82) is 5.26 Å². The lowest BCUT2D eigenvalue weighted by Gasteiger charge is -2.44. The second-order valence-corrected chi connectivity index (χ2v) is 8.41. The van der Waals surface area contributed by atoms with Crippen LogP contribution in [0.2, 0.25) is 0 Å². The number of carbonyl (C=O) groups is 1. The average molecular weight is 437 g/mol. The van der Waals surface area contributed by atoms with Gasteiger partial charge >= 0.3 is 6.03 Å². The van der Waals surface area contributed by atoms with Gasteiger partial charge in [-0.25, -0.2) is 9.64 Å². The quantitative estimate of drug-likeness (QED) is 0.519. The molecule has 1 aliphatic rings. The van der Waals surface area contributed by atoms with Crippen LogP contribution in [0.25, 0.3) is 4.85 Å². The molecule has 0 saturated carbocycles. The summed E-state index contributed by atoms with van der Waals surface area (Å²) < 4.78 is 0. The highest BCUT2D eigenvalue weighted by Gasteiger charge is 2.65. The fourth-order valence-electron chi connectivity index (χ4n) is 4.61. The first kappa shape index (κ1) is 22.1. The maximum absolute atomic E-state index is 14.0. The highest BCUT2D eigenvalue weighted by atomic mass is 16.3. The molecule has 1 saturated heterocycles. The number of carbonyl (C=O) groups excluding carboxylic acids is 1. The van der Waals surface area contributed by atoms with Gasteiger partial charge in [0.1, 0.15) is 0 Å². The van der Waals surface area contributed by atoms with Gasteiger partial charge in [-0.3, -0.25) is 9.80 Å². The van der Waals surface area contributed by atoms with Crippen LogP contribution in [-0.4, -0.2) is 16.7 Å². The number of amides is 2. The Labute approximate surface area is 193 Å². The lowest BCUT2D eigenvalue weighted by Crippen LogP contribution is -2.57. The monoisotopic (exact) mass is 436 g/mol. The van der Waals surface area contributed by atoms with E-state index in [4.69, 9.17) is 6.57 Å². The first-order chi connectivity index (χ1) is 15.8. The van der Waals surface area contributed by atoms with Crippen molar-refractivity contribution in [1.82, 2.24) is 0 Å². The molecule has 0 radical (unpaired) electrons. The standard InChI is InChI=1S/C27H24N4O2/c1-5-26(3)27(33,21-8-6-7-19(2)17-21)31(24-15-11-22(29-4)12-16-24)25(32)30(26)23-13-9-20(18-28)10-14-23/h6-17,33H,5H2,1-3H3/t26-,27?/m0/s1. The molecule has 1 heterocycles. The molecule has 2 atom stereocenters. The summed E-state index contributed by atoms with van der Waals surface area (Å²) in [6.45, 7) is 13.0. The summed E-state index contributed by atoms with van der Waals surface area (Å²) in [6.07, 6.45) is 0.458. The Hall–Kier alpha value is -4.13. The van der Waals surface area contributed by atoms with Gasteiger partial charge in [0.05, 0.1) is 23.7 Å². The van der Waals surface area contributed by atoms with E-state index >= 15 is 0 Å². The van der Waals surface area contributed by atoms with E-state index in [9.17, 15) is 15.2 Å². The average Bonchev–Trinajstić information content (AvgIpc) is 3.02. The van der Waals surface area contributed by atoms with Gasteiger partial charge in [-0.05, 0) is 56.7 Å². The summed E-state index contributed by atoms with van der Waals surface area (Å²) in [5.74, 6) is 0. The molecule has 164 valence electrons. The summed E-state index contributed by atoms with van der Waals surface area (Å²) in [6, 6.07) is 22.7. The number of anilines is 2. The molecule has 1 aliphatic heterocycles. The summed E-state index contributed by atoms with van der Waals surface area (Å²) in [7, 11) is 0. The Morgan fingerprint density at radius 1 is 1.03 bits per heavy atom. The first-order valence-corrected chi connectivity index (χ1v) is 10.7. The van der Waals surface area contributed by atoms with Crippen LogP contribution in [-0.2, 0) is 5.72 Å².